The second-order valence-corrected chi connectivity index (χ2v) is 15.0. The molecule has 0 aliphatic carbocycles. The Balaban J connectivity index is 1.36. The number of benzene rings is 2. The zero-order valence-electron chi connectivity index (χ0n) is 29.2. The molecule has 2 aliphatic heterocycles. The molecule has 2 aromatic carbocycles. The van der Waals surface area contributed by atoms with Crippen molar-refractivity contribution in [2.45, 2.75) is 102 Å². The highest BCUT2D eigenvalue weighted by atomic mass is 16.8. The average molecular weight is 655 g/mol. The summed E-state index contributed by atoms with van der Waals surface area (Å²) in [5.74, 6) is -1.66. The van der Waals surface area contributed by atoms with Gasteiger partial charge in [0.1, 0.15) is 24.1 Å². The summed E-state index contributed by atoms with van der Waals surface area (Å²) in [5.41, 5.74) is 0.770. The number of hydrogen-bond donors (Lipinski definition) is 4. The number of carbonyl (C=O) groups is 2. The Kier molecular flexibility index (Phi) is 11.1. The molecule has 4 rings (SSSR count). The van der Waals surface area contributed by atoms with E-state index in [2.05, 4.69) is 24.3 Å². The Morgan fingerprint density at radius 3 is 2.19 bits per heavy atom. The number of hydrogen-bond acceptors (Lipinski definition) is 9. The first-order valence-corrected chi connectivity index (χ1v) is 16.5. The van der Waals surface area contributed by atoms with Crippen molar-refractivity contribution < 1.29 is 39.5 Å². The fourth-order valence-electron chi connectivity index (χ4n) is 6.72. The molecular weight excluding hydrogens is 600 g/mol. The average Bonchev–Trinajstić information content (AvgIpc) is 3.40. The number of rotatable bonds is 14. The Hall–Kier alpha value is -2.70. The molecule has 5 atom stereocenters. The van der Waals surface area contributed by atoms with Crippen LogP contribution in [0.1, 0.15) is 74.8 Å². The molecule has 0 spiro atoms. The molecule has 0 radical (unpaired) electrons. The topological polar surface area (TPSA) is 140 Å². The number of likely N-dealkylation sites (N-methyl/N-ethyl adjacent to an activating group) is 2. The summed E-state index contributed by atoms with van der Waals surface area (Å²) in [4.78, 5) is 29.4. The van der Waals surface area contributed by atoms with E-state index in [-0.39, 0.29) is 24.7 Å². The molecule has 10 heteroatoms. The largest absolute Gasteiger partial charge is 0.387 e. The third kappa shape index (κ3) is 7.64. The zero-order chi connectivity index (χ0) is 34.9. The Bertz CT molecular complexity index is 1420. The van der Waals surface area contributed by atoms with Gasteiger partial charge in [-0.1, -0.05) is 50.2 Å². The molecule has 4 N–H and O–H groups in total. The summed E-state index contributed by atoms with van der Waals surface area (Å²) in [6.45, 7) is 9.84. The monoisotopic (exact) mass is 654 g/mol. The Morgan fingerprint density at radius 2 is 1.57 bits per heavy atom. The fraction of sp³-hybridized carbons (Fsp3) is 0.622. The van der Waals surface area contributed by atoms with Gasteiger partial charge in [-0.2, -0.15) is 0 Å². The molecule has 1 amide bonds. The molecule has 260 valence electrons. The maximum absolute atomic E-state index is 12.9. The number of fused-ring (bicyclic) bond motifs is 2. The van der Waals surface area contributed by atoms with Crippen LogP contribution >= 0.6 is 0 Å². The molecule has 47 heavy (non-hydrogen) atoms. The highest BCUT2D eigenvalue weighted by Crippen LogP contribution is 2.53. The Morgan fingerprint density at radius 1 is 0.936 bits per heavy atom. The molecule has 2 fully saturated rings. The number of ether oxygens (including phenoxy) is 2. The van der Waals surface area contributed by atoms with Crippen molar-refractivity contribution in [2.24, 2.45) is 5.41 Å². The third-order valence-electron chi connectivity index (χ3n) is 9.92. The highest BCUT2D eigenvalue weighted by Gasteiger charge is 2.71. The molecule has 0 saturated carbocycles. The van der Waals surface area contributed by atoms with Crippen LogP contribution in [-0.4, -0.2) is 112 Å². The first-order chi connectivity index (χ1) is 21.8. The van der Waals surface area contributed by atoms with Crippen LogP contribution in [-0.2, 0) is 37.7 Å². The van der Waals surface area contributed by atoms with Gasteiger partial charge in [-0.3, -0.25) is 9.59 Å². The van der Waals surface area contributed by atoms with E-state index in [0.29, 0.717) is 31.4 Å². The van der Waals surface area contributed by atoms with Crippen molar-refractivity contribution in [3.8, 4) is 0 Å². The standard InChI is InChI=1S/C37H54N2O8/c1-24-12-17-28(37-32(43)30(41)31(42)36(47-37,23-46-37)35(4,5)45)21-27(24)20-26-15-13-25(14-16-26)10-9-11-29(40)22-34(2,3)33(44)39(8)19-18-38(6)7/h12-17,21,30-32,41-43,45H,9-11,18-20,22-23H2,1-8H3/t30-,31-,32+,36-,37-/m0/s1. The molecular formula is C37H54N2O8. The van der Waals surface area contributed by atoms with Crippen LogP contribution in [0.4, 0.5) is 0 Å². The van der Waals surface area contributed by atoms with E-state index in [1.165, 1.54) is 13.8 Å². The molecule has 2 aromatic rings. The quantitative estimate of drug-likeness (QED) is 0.242. The second kappa shape index (κ2) is 14.0. The molecule has 0 unspecified atom stereocenters. The van der Waals surface area contributed by atoms with E-state index in [1.54, 1.807) is 18.0 Å². The second-order valence-electron chi connectivity index (χ2n) is 15.0. The van der Waals surface area contributed by atoms with Crippen LogP contribution in [0.3, 0.4) is 0 Å². The van der Waals surface area contributed by atoms with E-state index >= 15 is 0 Å². The van der Waals surface area contributed by atoms with Gasteiger partial charge in [-0.25, -0.2) is 0 Å². The molecule has 10 nitrogen and oxygen atoms in total. The van der Waals surface area contributed by atoms with Crippen molar-refractivity contribution in [2.75, 3.05) is 40.8 Å². The summed E-state index contributed by atoms with van der Waals surface area (Å²) < 4.78 is 12.2. The van der Waals surface area contributed by atoms with Gasteiger partial charge in [0, 0.05) is 38.5 Å². The van der Waals surface area contributed by atoms with Crippen LogP contribution in [0.15, 0.2) is 42.5 Å². The summed E-state index contributed by atoms with van der Waals surface area (Å²) >= 11 is 0. The van der Waals surface area contributed by atoms with Crippen LogP contribution < -0.4 is 0 Å². The normalized spacial score (nSPS) is 26.1. The maximum atomic E-state index is 12.9. The third-order valence-corrected chi connectivity index (χ3v) is 9.92. The maximum Gasteiger partial charge on any atom is 0.228 e. The molecule has 2 heterocycles. The lowest BCUT2D eigenvalue weighted by Crippen LogP contribution is -2.70. The number of aryl methyl sites for hydroxylation is 2. The summed E-state index contributed by atoms with van der Waals surface area (Å²) in [7, 11) is 5.72. The van der Waals surface area contributed by atoms with E-state index in [4.69, 9.17) is 9.47 Å². The van der Waals surface area contributed by atoms with Gasteiger partial charge in [0.2, 0.25) is 11.7 Å². The van der Waals surface area contributed by atoms with Gasteiger partial charge in [-0.15, -0.1) is 0 Å². The lowest BCUT2D eigenvalue weighted by atomic mass is 9.75. The predicted octanol–water partition coefficient (Wildman–Crippen LogP) is 2.72. The van der Waals surface area contributed by atoms with Crippen molar-refractivity contribution in [3.05, 3.63) is 70.3 Å². The van der Waals surface area contributed by atoms with E-state index < -0.39 is 40.7 Å². The number of carbonyl (C=O) groups excluding carboxylic acids is 2. The van der Waals surface area contributed by atoms with Crippen molar-refractivity contribution in [3.63, 3.8) is 0 Å². The minimum atomic E-state index is -1.74. The molecule has 2 bridgehead atoms. The minimum Gasteiger partial charge on any atom is -0.387 e. The van der Waals surface area contributed by atoms with Gasteiger partial charge in [0.15, 0.2) is 5.60 Å². The number of nitrogens with zero attached hydrogens (tertiary/aromatic N) is 2. The lowest BCUT2D eigenvalue weighted by molar-refractivity contribution is -0.348. The van der Waals surface area contributed by atoms with Gasteiger partial charge in [-0.05, 0) is 82.4 Å². The summed E-state index contributed by atoms with van der Waals surface area (Å²) in [6.07, 6.45) is -2.00. The molecule has 2 aliphatic rings. The van der Waals surface area contributed by atoms with Gasteiger partial charge >= 0.3 is 0 Å². The highest BCUT2D eigenvalue weighted by molar-refractivity contribution is 5.89. The SMILES string of the molecule is Cc1ccc([C@]23OC[C@](C(C)(C)O)(O2)[C@@H](O)[C@H](O)[C@H]3O)cc1Cc1ccc(CCCC(=O)CC(C)(C)C(=O)N(C)CCN(C)C)cc1. The number of aliphatic hydroxyl groups is 4. The first-order valence-electron chi connectivity index (χ1n) is 16.5. The van der Waals surface area contributed by atoms with Crippen LogP contribution in [0, 0.1) is 12.3 Å². The van der Waals surface area contributed by atoms with Gasteiger partial charge < -0.3 is 39.7 Å². The number of amides is 1. The van der Waals surface area contributed by atoms with E-state index in [0.717, 1.165) is 35.2 Å². The predicted molar refractivity (Wildman–Crippen MR) is 179 cm³/mol. The van der Waals surface area contributed by atoms with Crippen LogP contribution in [0.2, 0.25) is 0 Å². The Labute approximate surface area is 279 Å². The molecule has 0 aromatic heterocycles. The number of Topliss-reactive ketones (excluding diaryl/α,β-unsaturated/α-hetero) is 1. The van der Waals surface area contributed by atoms with Gasteiger partial charge in [0.25, 0.3) is 0 Å². The minimum absolute atomic E-state index is 0.0134. The van der Waals surface area contributed by atoms with Crippen molar-refractivity contribution in [1.29, 1.82) is 0 Å². The van der Waals surface area contributed by atoms with E-state index in [9.17, 15) is 30.0 Å². The lowest BCUT2D eigenvalue weighted by Gasteiger charge is -2.50. The summed E-state index contributed by atoms with van der Waals surface area (Å²) in [5, 5.41) is 43.5. The van der Waals surface area contributed by atoms with Crippen LogP contribution in [0.25, 0.3) is 0 Å². The number of ketones is 1. The molecule has 2 saturated heterocycles. The number of aliphatic hydroxyl groups excluding tert-OH is 3. The van der Waals surface area contributed by atoms with E-state index in [1.807, 2.05) is 51.9 Å². The van der Waals surface area contributed by atoms with Crippen molar-refractivity contribution >= 4 is 11.7 Å². The van der Waals surface area contributed by atoms with Crippen LogP contribution in [0.5, 0.6) is 0 Å². The zero-order valence-corrected chi connectivity index (χ0v) is 29.2. The fourth-order valence-corrected chi connectivity index (χ4v) is 6.72. The van der Waals surface area contributed by atoms with Crippen molar-refractivity contribution in [1.82, 2.24) is 9.80 Å². The first kappa shape index (κ1) is 37.1. The smallest absolute Gasteiger partial charge is 0.228 e. The summed E-state index contributed by atoms with van der Waals surface area (Å²) in [6, 6.07) is 13.8. The van der Waals surface area contributed by atoms with Gasteiger partial charge in [0.05, 0.1) is 17.6 Å².